The van der Waals surface area contributed by atoms with Crippen LogP contribution in [-0.4, -0.2) is 59.1 Å². The quantitative estimate of drug-likeness (QED) is 0.508. The molecule has 2 fully saturated rings. The summed E-state index contributed by atoms with van der Waals surface area (Å²) in [5.74, 6) is 0.685. The van der Waals surface area contributed by atoms with Gasteiger partial charge in [-0.15, -0.1) is 11.8 Å². The number of anilines is 2. The van der Waals surface area contributed by atoms with Gasteiger partial charge in [-0.2, -0.15) is 0 Å². The van der Waals surface area contributed by atoms with Crippen molar-refractivity contribution in [2.75, 3.05) is 36.2 Å². The minimum Gasteiger partial charge on any atom is -0.377 e. The predicted octanol–water partition coefficient (Wildman–Crippen LogP) is 4.44. The van der Waals surface area contributed by atoms with Gasteiger partial charge >= 0.3 is 6.03 Å². The van der Waals surface area contributed by atoms with Gasteiger partial charge in [0.05, 0.1) is 30.6 Å². The molecule has 0 radical (unpaired) electrons. The van der Waals surface area contributed by atoms with Crippen molar-refractivity contribution in [2.24, 2.45) is 0 Å². The van der Waals surface area contributed by atoms with E-state index < -0.39 is 0 Å². The molecular weight excluding hydrogens is 448 g/mol. The first-order valence-electron chi connectivity index (χ1n) is 11.5. The molecular formula is C25H28N6O2S. The minimum absolute atomic E-state index is 0.163. The number of hydrogen-bond acceptors (Lipinski definition) is 7. The van der Waals surface area contributed by atoms with E-state index in [2.05, 4.69) is 27.4 Å². The van der Waals surface area contributed by atoms with Gasteiger partial charge < -0.3 is 20.3 Å². The third kappa shape index (κ3) is 5.15. The molecule has 1 aliphatic heterocycles. The first kappa shape index (κ1) is 22.6. The Labute approximate surface area is 203 Å². The molecule has 2 aromatic heterocycles. The molecule has 1 aromatic carbocycles. The molecule has 1 saturated carbocycles. The van der Waals surface area contributed by atoms with Crippen molar-refractivity contribution in [2.45, 2.75) is 36.9 Å². The van der Waals surface area contributed by atoms with Crippen molar-refractivity contribution < 1.29 is 9.53 Å². The number of carbonyl (C=O) groups excluding carboxylic acids is 1. The highest BCUT2D eigenvalue weighted by Gasteiger charge is 2.24. The number of carbonyl (C=O) groups is 1. The van der Waals surface area contributed by atoms with Gasteiger partial charge in [0.15, 0.2) is 0 Å². The molecule has 3 heterocycles. The van der Waals surface area contributed by atoms with E-state index in [-0.39, 0.29) is 12.1 Å². The summed E-state index contributed by atoms with van der Waals surface area (Å²) in [6, 6.07) is 14.1. The van der Waals surface area contributed by atoms with Crippen LogP contribution < -0.4 is 15.5 Å². The Kier molecular flexibility index (Phi) is 6.64. The number of rotatable bonds is 6. The summed E-state index contributed by atoms with van der Waals surface area (Å²) >= 11 is 1.60. The van der Waals surface area contributed by atoms with E-state index in [1.807, 2.05) is 48.7 Å². The second-order valence-corrected chi connectivity index (χ2v) is 9.36. The van der Waals surface area contributed by atoms with Crippen LogP contribution in [-0.2, 0) is 4.74 Å². The fraction of sp³-hybridized carbons (Fsp3) is 0.360. The van der Waals surface area contributed by atoms with E-state index in [1.165, 1.54) is 0 Å². The first-order valence-corrected chi connectivity index (χ1v) is 12.7. The van der Waals surface area contributed by atoms with Crippen molar-refractivity contribution in [1.29, 1.82) is 0 Å². The molecule has 2 N–H and O–H groups in total. The number of benzene rings is 1. The number of urea groups is 1. The summed E-state index contributed by atoms with van der Waals surface area (Å²) in [6.45, 7) is 4.17. The molecule has 0 bridgehead atoms. The molecule has 2 aliphatic rings. The first-order chi connectivity index (χ1) is 16.6. The maximum atomic E-state index is 12.1. The Bertz CT molecular complexity index is 1170. The Hall–Kier alpha value is -3.17. The van der Waals surface area contributed by atoms with Crippen LogP contribution in [0.3, 0.4) is 0 Å². The Balaban J connectivity index is 1.49. The van der Waals surface area contributed by atoms with Crippen LogP contribution in [0.1, 0.15) is 19.8 Å². The van der Waals surface area contributed by atoms with Gasteiger partial charge in [0.2, 0.25) is 5.95 Å². The van der Waals surface area contributed by atoms with Gasteiger partial charge in [-0.3, -0.25) is 0 Å². The van der Waals surface area contributed by atoms with Gasteiger partial charge in [0.25, 0.3) is 0 Å². The van der Waals surface area contributed by atoms with E-state index in [1.54, 1.807) is 18.0 Å². The standard InChI is InChI=1S/C25H28N6O2S/c1-16-15-33-13-12-31(16)24-29-21(14-22(30-24)20-4-3-11-26-23(20)34-2)17-5-7-18(8-6-17)27-25(32)28-19-9-10-19/h3-8,11,14,16,19H,9-10,12-13,15H2,1-2H3,(H2,27,28,32)/t16-/m0/s1. The summed E-state index contributed by atoms with van der Waals surface area (Å²) < 4.78 is 5.62. The van der Waals surface area contributed by atoms with E-state index in [4.69, 9.17) is 14.7 Å². The average Bonchev–Trinajstić information content (AvgIpc) is 3.68. The molecule has 2 amide bonds. The van der Waals surface area contributed by atoms with E-state index in [9.17, 15) is 4.79 Å². The van der Waals surface area contributed by atoms with Crippen molar-refractivity contribution in [3.05, 3.63) is 48.7 Å². The Morgan fingerprint density at radius 3 is 2.68 bits per heavy atom. The number of ether oxygens (including phenoxy) is 1. The number of thioether (sulfide) groups is 1. The molecule has 8 nitrogen and oxygen atoms in total. The average molecular weight is 477 g/mol. The van der Waals surface area contributed by atoms with Crippen LogP contribution >= 0.6 is 11.8 Å². The lowest BCUT2D eigenvalue weighted by Crippen LogP contribution is -2.44. The molecule has 3 aromatic rings. The van der Waals surface area contributed by atoms with Gasteiger partial charge in [0.1, 0.15) is 5.03 Å². The van der Waals surface area contributed by atoms with Crippen LogP contribution in [0.4, 0.5) is 16.4 Å². The molecule has 176 valence electrons. The lowest BCUT2D eigenvalue weighted by atomic mass is 10.1. The number of hydrogen-bond donors (Lipinski definition) is 2. The number of nitrogens with zero attached hydrogens (tertiary/aromatic N) is 4. The van der Waals surface area contributed by atoms with Crippen molar-refractivity contribution >= 4 is 29.4 Å². The zero-order valence-corrected chi connectivity index (χ0v) is 20.1. The summed E-state index contributed by atoms with van der Waals surface area (Å²) in [4.78, 5) is 28.7. The summed E-state index contributed by atoms with van der Waals surface area (Å²) in [5.41, 5.74) is 4.34. The van der Waals surface area contributed by atoms with Crippen LogP contribution in [0.5, 0.6) is 0 Å². The van der Waals surface area contributed by atoms with Gasteiger partial charge in [-0.1, -0.05) is 12.1 Å². The maximum absolute atomic E-state index is 12.1. The lowest BCUT2D eigenvalue weighted by Gasteiger charge is -2.33. The van der Waals surface area contributed by atoms with E-state index >= 15 is 0 Å². The highest BCUT2D eigenvalue weighted by atomic mass is 32.2. The second-order valence-electron chi connectivity index (χ2n) is 8.57. The van der Waals surface area contributed by atoms with Crippen LogP contribution in [0, 0.1) is 0 Å². The summed E-state index contributed by atoms with van der Waals surface area (Å²) in [5, 5.41) is 6.76. The normalized spacial score (nSPS) is 17.9. The third-order valence-corrected chi connectivity index (χ3v) is 6.64. The van der Waals surface area contributed by atoms with Crippen molar-refractivity contribution in [3.63, 3.8) is 0 Å². The molecule has 1 saturated heterocycles. The zero-order valence-electron chi connectivity index (χ0n) is 19.3. The SMILES string of the molecule is CSc1ncccc1-c1cc(-c2ccc(NC(=O)NC3CC3)cc2)nc(N2CCOC[C@@H]2C)n1. The Morgan fingerprint density at radius 2 is 1.94 bits per heavy atom. The summed E-state index contributed by atoms with van der Waals surface area (Å²) in [7, 11) is 0. The Morgan fingerprint density at radius 1 is 1.15 bits per heavy atom. The number of morpholine rings is 1. The van der Waals surface area contributed by atoms with Crippen molar-refractivity contribution in [1.82, 2.24) is 20.3 Å². The monoisotopic (exact) mass is 476 g/mol. The number of amides is 2. The molecule has 1 atom stereocenters. The highest BCUT2D eigenvalue weighted by Crippen LogP contribution is 2.32. The zero-order chi connectivity index (χ0) is 23.5. The van der Waals surface area contributed by atoms with Crippen LogP contribution in [0.15, 0.2) is 53.7 Å². The van der Waals surface area contributed by atoms with Crippen molar-refractivity contribution in [3.8, 4) is 22.5 Å². The van der Waals surface area contributed by atoms with E-state index in [0.29, 0.717) is 25.2 Å². The molecule has 34 heavy (non-hydrogen) atoms. The molecule has 5 rings (SSSR count). The van der Waals surface area contributed by atoms with Gasteiger partial charge in [-0.25, -0.2) is 19.7 Å². The maximum Gasteiger partial charge on any atom is 0.319 e. The predicted molar refractivity (Wildman–Crippen MR) is 135 cm³/mol. The van der Waals surface area contributed by atoms with Crippen LogP contribution in [0.25, 0.3) is 22.5 Å². The highest BCUT2D eigenvalue weighted by molar-refractivity contribution is 7.98. The number of aromatic nitrogens is 3. The van der Waals surface area contributed by atoms with Crippen LogP contribution in [0.2, 0.25) is 0 Å². The minimum atomic E-state index is -0.163. The number of nitrogens with one attached hydrogen (secondary N) is 2. The third-order valence-electron chi connectivity index (χ3n) is 5.93. The molecule has 0 unspecified atom stereocenters. The molecule has 1 aliphatic carbocycles. The largest absolute Gasteiger partial charge is 0.377 e. The fourth-order valence-electron chi connectivity index (χ4n) is 3.93. The molecule has 9 heteroatoms. The summed E-state index contributed by atoms with van der Waals surface area (Å²) in [6.07, 6.45) is 5.93. The van der Waals surface area contributed by atoms with Gasteiger partial charge in [-0.05, 0) is 56.4 Å². The fourth-order valence-corrected chi connectivity index (χ4v) is 4.48. The second kappa shape index (κ2) is 9.99. The lowest BCUT2D eigenvalue weighted by molar-refractivity contribution is 0.0981. The van der Waals surface area contributed by atoms with E-state index in [0.717, 1.165) is 52.6 Å². The topological polar surface area (TPSA) is 92.3 Å². The molecule has 0 spiro atoms. The van der Waals surface area contributed by atoms with Gasteiger partial charge in [0, 0.05) is 35.6 Å². The number of pyridine rings is 1. The smallest absolute Gasteiger partial charge is 0.319 e.